The molecule has 4 aromatic carbocycles. The van der Waals surface area contributed by atoms with Crippen LogP contribution in [0, 0.1) is 5.92 Å². The van der Waals surface area contributed by atoms with Gasteiger partial charge in [0.1, 0.15) is 11.9 Å². The third-order valence-electron chi connectivity index (χ3n) is 8.29. The van der Waals surface area contributed by atoms with E-state index in [4.69, 9.17) is 9.47 Å². The molecule has 4 aromatic rings. The highest BCUT2D eigenvalue weighted by Gasteiger charge is 2.34. The summed E-state index contributed by atoms with van der Waals surface area (Å²) in [6.45, 7) is 5.41. The van der Waals surface area contributed by atoms with Gasteiger partial charge in [-0.3, -0.25) is 9.69 Å². The summed E-state index contributed by atoms with van der Waals surface area (Å²) in [6, 6.07) is 30.1. The van der Waals surface area contributed by atoms with E-state index in [0.717, 1.165) is 0 Å². The molecule has 0 unspecified atom stereocenters. The Balaban J connectivity index is 1.36. The number of nitrogens with zero attached hydrogens (tertiary/aromatic N) is 2. The predicted octanol–water partition coefficient (Wildman–Crippen LogP) is 6.36. The Labute approximate surface area is 270 Å². The fraction of sp³-hybridized carbons (Fsp3) is 0.297. The minimum Gasteiger partial charge on any atom is -0.497 e. The van der Waals surface area contributed by atoms with Gasteiger partial charge in [0, 0.05) is 31.2 Å². The summed E-state index contributed by atoms with van der Waals surface area (Å²) >= 11 is 0. The van der Waals surface area contributed by atoms with E-state index in [1.54, 1.807) is 54.5 Å². The monoisotopic (exact) mass is 622 g/mol. The lowest BCUT2D eigenvalue weighted by atomic mass is 9.98. The lowest BCUT2D eigenvalue weighted by Crippen LogP contribution is -2.49. The van der Waals surface area contributed by atoms with Gasteiger partial charge in [-0.05, 0) is 67.1 Å². The van der Waals surface area contributed by atoms with Gasteiger partial charge >= 0.3 is 6.03 Å². The highest BCUT2D eigenvalue weighted by atomic mass is 16.5. The first-order valence-corrected chi connectivity index (χ1v) is 15.5. The quantitative estimate of drug-likeness (QED) is 0.190. The van der Waals surface area contributed by atoms with Gasteiger partial charge in [0.05, 0.1) is 31.0 Å². The molecule has 9 heteroatoms. The molecule has 3 atom stereocenters. The zero-order valence-corrected chi connectivity index (χ0v) is 26.8. The van der Waals surface area contributed by atoms with Gasteiger partial charge in [-0.25, -0.2) is 4.79 Å². The number of urea groups is 1. The molecule has 9 nitrogen and oxygen atoms in total. The second-order valence-corrected chi connectivity index (χ2v) is 11.9. The summed E-state index contributed by atoms with van der Waals surface area (Å²) < 4.78 is 11.9. The van der Waals surface area contributed by atoms with Crippen LogP contribution in [0.2, 0.25) is 0 Å². The molecule has 0 fully saturated rings. The Bertz CT molecular complexity index is 1610. The van der Waals surface area contributed by atoms with E-state index in [9.17, 15) is 14.7 Å². The number of hydrogen-bond donors (Lipinski definition) is 3. The smallest absolute Gasteiger partial charge is 0.323 e. The highest BCUT2D eigenvalue weighted by Crippen LogP contribution is 2.35. The van der Waals surface area contributed by atoms with Crippen molar-refractivity contribution in [2.45, 2.75) is 32.5 Å². The Morgan fingerprint density at radius 1 is 0.978 bits per heavy atom. The number of carbonyl (C=O) groups excluding carboxylic acids is 2. The van der Waals surface area contributed by atoms with Crippen molar-refractivity contribution in [3.8, 4) is 22.6 Å². The first kappa shape index (κ1) is 32.5. The maximum Gasteiger partial charge on any atom is 0.323 e. The van der Waals surface area contributed by atoms with E-state index >= 15 is 0 Å². The van der Waals surface area contributed by atoms with Crippen LogP contribution in [0.25, 0.3) is 11.1 Å². The lowest BCUT2D eigenvalue weighted by molar-refractivity contribution is 0.0343. The van der Waals surface area contributed by atoms with E-state index in [1.165, 1.54) is 16.7 Å². The molecule has 0 saturated heterocycles. The number of rotatable bonds is 10. The highest BCUT2D eigenvalue weighted by molar-refractivity contribution is 6.04. The molecule has 0 radical (unpaired) electrons. The van der Waals surface area contributed by atoms with Crippen LogP contribution in [0.4, 0.5) is 16.2 Å². The minimum atomic E-state index is -0.474. The number of hydrogen-bond acceptors (Lipinski definition) is 6. The average Bonchev–Trinajstić information content (AvgIpc) is 3.07. The van der Waals surface area contributed by atoms with Gasteiger partial charge in [-0.2, -0.15) is 0 Å². The first-order valence-electron chi connectivity index (χ1n) is 15.5. The van der Waals surface area contributed by atoms with E-state index in [1.807, 2.05) is 32.2 Å². The SMILES string of the molecule is COc1ccc(NC(=O)Nc2cccc3c2O[C@H](CN(C)Cc2ccc(-c4ccccc4)cc2)[C@@H](C)CN([C@H](C)CO)C3=O)cc1. The Morgan fingerprint density at radius 2 is 1.67 bits per heavy atom. The summed E-state index contributed by atoms with van der Waals surface area (Å²) in [6.07, 6.45) is -0.318. The van der Waals surface area contributed by atoms with Crippen LogP contribution in [0.15, 0.2) is 97.1 Å². The average molecular weight is 623 g/mol. The van der Waals surface area contributed by atoms with Gasteiger partial charge in [0.25, 0.3) is 5.91 Å². The molecule has 0 aromatic heterocycles. The van der Waals surface area contributed by atoms with Gasteiger partial charge in [0.15, 0.2) is 5.75 Å². The van der Waals surface area contributed by atoms with Crippen molar-refractivity contribution in [1.29, 1.82) is 0 Å². The third kappa shape index (κ3) is 7.85. The molecule has 240 valence electrons. The van der Waals surface area contributed by atoms with Crippen molar-refractivity contribution in [3.05, 3.63) is 108 Å². The second kappa shape index (κ2) is 14.9. The molecule has 46 heavy (non-hydrogen) atoms. The maximum absolute atomic E-state index is 13.8. The molecular formula is C37H42N4O5. The second-order valence-electron chi connectivity index (χ2n) is 11.9. The van der Waals surface area contributed by atoms with E-state index in [0.29, 0.717) is 48.1 Å². The van der Waals surface area contributed by atoms with Gasteiger partial charge < -0.3 is 30.1 Å². The third-order valence-corrected chi connectivity index (χ3v) is 8.29. The van der Waals surface area contributed by atoms with Crippen molar-refractivity contribution in [2.75, 3.05) is 44.5 Å². The molecule has 0 spiro atoms. The summed E-state index contributed by atoms with van der Waals surface area (Å²) in [5.41, 5.74) is 4.81. The number of carbonyl (C=O) groups is 2. The number of nitrogens with one attached hydrogen (secondary N) is 2. The zero-order chi connectivity index (χ0) is 32.6. The van der Waals surface area contributed by atoms with Crippen LogP contribution in [-0.2, 0) is 6.54 Å². The van der Waals surface area contributed by atoms with Gasteiger partial charge in [-0.15, -0.1) is 0 Å². The first-order chi connectivity index (χ1) is 22.2. The number of benzene rings is 4. The van der Waals surface area contributed by atoms with Crippen LogP contribution < -0.4 is 20.1 Å². The number of likely N-dealkylation sites (N-methyl/N-ethyl adjacent to an activating group) is 1. The fourth-order valence-corrected chi connectivity index (χ4v) is 5.64. The van der Waals surface area contributed by atoms with E-state index in [2.05, 4.69) is 58.9 Å². The molecule has 1 aliphatic rings. The van der Waals surface area contributed by atoms with Crippen LogP contribution in [0.3, 0.4) is 0 Å². The van der Waals surface area contributed by atoms with Crippen molar-refractivity contribution < 1.29 is 24.2 Å². The maximum atomic E-state index is 13.8. The number of methoxy groups -OCH3 is 1. The van der Waals surface area contributed by atoms with Crippen LogP contribution in [-0.4, -0.2) is 72.8 Å². The van der Waals surface area contributed by atoms with E-state index < -0.39 is 12.1 Å². The summed E-state index contributed by atoms with van der Waals surface area (Å²) in [5.74, 6) is 0.658. The zero-order valence-electron chi connectivity index (χ0n) is 26.8. The molecule has 5 rings (SSSR count). The topological polar surface area (TPSA) is 103 Å². The largest absolute Gasteiger partial charge is 0.497 e. The number of fused-ring (bicyclic) bond motifs is 1. The van der Waals surface area contributed by atoms with Crippen molar-refractivity contribution in [2.24, 2.45) is 5.92 Å². The number of ether oxygens (including phenoxy) is 2. The predicted molar refractivity (Wildman–Crippen MR) is 181 cm³/mol. The molecule has 1 aliphatic heterocycles. The van der Waals surface area contributed by atoms with Gasteiger partial charge in [0.2, 0.25) is 0 Å². The van der Waals surface area contributed by atoms with Crippen molar-refractivity contribution >= 4 is 23.3 Å². The molecule has 3 N–H and O–H groups in total. The number of para-hydroxylation sites is 1. The van der Waals surface area contributed by atoms with Gasteiger partial charge in [-0.1, -0.05) is 67.6 Å². The van der Waals surface area contributed by atoms with Crippen LogP contribution in [0.1, 0.15) is 29.8 Å². The Kier molecular flexibility index (Phi) is 10.6. The molecule has 0 aliphatic carbocycles. The Morgan fingerprint density at radius 3 is 2.35 bits per heavy atom. The van der Waals surface area contributed by atoms with Crippen molar-refractivity contribution in [3.63, 3.8) is 0 Å². The molecule has 1 heterocycles. The minimum absolute atomic E-state index is 0.0739. The van der Waals surface area contributed by atoms with Crippen LogP contribution in [0.5, 0.6) is 11.5 Å². The number of aliphatic hydroxyl groups is 1. The molecule has 0 bridgehead atoms. The fourth-order valence-electron chi connectivity index (χ4n) is 5.64. The standard InChI is InChI=1S/C37H42N4O5/c1-25-21-41(26(2)24-42)36(43)32-11-8-12-33(39-37(44)38-30-17-19-31(45-4)20-18-30)35(32)46-34(25)23-40(3)22-27-13-15-29(16-14-27)28-9-6-5-7-10-28/h5-20,25-26,34,42H,21-24H2,1-4H3,(H2,38,39,44)/t25-,26+,34+/m0/s1. The Hall–Kier alpha value is -4.86. The van der Waals surface area contributed by atoms with E-state index in [-0.39, 0.29) is 24.5 Å². The molecule has 3 amide bonds. The van der Waals surface area contributed by atoms with Crippen LogP contribution >= 0.6 is 0 Å². The molecular weight excluding hydrogens is 580 g/mol. The number of amides is 3. The summed E-state index contributed by atoms with van der Waals surface area (Å²) in [5, 5.41) is 15.7. The lowest BCUT2D eigenvalue weighted by Gasteiger charge is -2.38. The summed E-state index contributed by atoms with van der Waals surface area (Å²) in [7, 11) is 3.63. The number of anilines is 2. The number of aliphatic hydroxyl groups excluding tert-OH is 1. The van der Waals surface area contributed by atoms with Crippen molar-refractivity contribution in [1.82, 2.24) is 9.80 Å². The normalized spacial score (nSPS) is 16.9. The summed E-state index contributed by atoms with van der Waals surface area (Å²) in [4.78, 5) is 30.8. The molecule has 0 saturated carbocycles.